The average Bonchev–Trinajstić information content (AvgIpc) is 3.84. The molecule has 1 aliphatic rings. The molecule has 0 aliphatic carbocycles. The number of fused-ring (bicyclic) bond motifs is 9. The number of hydrogen-bond acceptors (Lipinski definition) is 5. The van der Waals surface area contributed by atoms with Crippen molar-refractivity contribution < 1.29 is 13.3 Å². The lowest BCUT2D eigenvalue weighted by Crippen LogP contribution is -2.05. The first-order valence-corrected chi connectivity index (χ1v) is 17.4. The first kappa shape index (κ1) is 28.8. The molecule has 0 spiro atoms. The fourth-order valence-electron chi connectivity index (χ4n) is 7.69. The Morgan fingerprint density at radius 3 is 1.67 bits per heavy atom. The molecular weight excluding hydrogens is 641 g/mol. The largest absolute Gasteiger partial charge is 0.456 e. The van der Waals surface area contributed by atoms with Crippen molar-refractivity contribution in [2.45, 2.75) is 6.42 Å². The van der Waals surface area contributed by atoms with Crippen LogP contribution in [0.15, 0.2) is 181 Å². The first-order valence-electron chi connectivity index (χ1n) is 17.4. The fourth-order valence-corrected chi connectivity index (χ4v) is 7.69. The predicted octanol–water partition coefficient (Wildman–Crippen LogP) is 12.7. The lowest BCUT2D eigenvalue weighted by atomic mass is 9.96. The minimum absolute atomic E-state index is 0.628. The van der Waals surface area contributed by atoms with Crippen LogP contribution in [-0.4, -0.2) is 11.5 Å². The molecule has 244 valence electrons. The number of hydrogen-bond donors (Lipinski definition) is 0. The summed E-state index contributed by atoms with van der Waals surface area (Å²) in [5.41, 5.74) is 11.9. The van der Waals surface area contributed by atoms with Crippen LogP contribution in [0.2, 0.25) is 0 Å². The SMILES string of the molecule is C1=C(c2ccc3oc4ccccc4c3c2)N=C(c2ccc(-c3ccc4oc5ccccc5c4c3)c3oc4ccccc4c23)N=C(c2ccccc2)C1. The van der Waals surface area contributed by atoms with E-state index in [9.17, 15) is 0 Å². The molecule has 0 saturated carbocycles. The molecule has 7 aromatic carbocycles. The van der Waals surface area contributed by atoms with Gasteiger partial charge in [0.2, 0.25) is 0 Å². The standard InChI is InChI=1S/C47H28N2O3/c1-2-10-28(11-3-1)38-22-23-39(30-19-25-44-37(27-30)33-13-5-8-16-41(33)51-44)49-47(48-38)35-21-20-31(46-45(35)34-14-6-9-17-42(34)52-46)29-18-24-43-36(26-29)32-12-4-7-15-40(32)50-43/h1-21,23-27H,22H2. The van der Waals surface area contributed by atoms with Gasteiger partial charge in [-0.2, -0.15) is 0 Å². The smallest absolute Gasteiger partial charge is 0.160 e. The van der Waals surface area contributed by atoms with Crippen LogP contribution in [0.25, 0.3) is 82.6 Å². The van der Waals surface area contributed by atoms with E-state index >= 15 is 0 Å². The topological polar surface area (TPSA) is 64.1 Å². The van der Waals surface area contributed by atoms with Crippen LogP contribution in [-0.2, 0) is 0 Å². The Kier molecular flexibility index (Phi) is 6.25. The van der Waals surface area contributed by atoms with Crippen LogP contribution in [0.3, 0.4) is 0 Å². The molecular formula is C47H28N2O3. The number of para-hydroxylation sites is 3. The predicted molar refractivity (Wildman–Crippen MR) is 212 cm³/mol. The molecule has 52 heavy (non-hydrogen) atoms. The second-order valence-corrected chi connectivity index (χ2v) is 13.2. The van der Waals surface area contributed by atoms with Crippen LogP contribution < -0.4 is 0 Å². The highest BCUT2D eigenvalue weighted by Gasteiger charge is 2.22. The molecule has 11 rings (SSSR count). The van der Waals surface area contributed by atoms with E-state index in [0.717, 1.165) is 105 Å². The molecule has 5 heteroatoms. The summed E-state index contributed by atoms with van der Waals surface area (Å²) in [6.45, 7) is 0. The summed E-state index contributed by atoms with van der Waals surface area (Å²) in [5.74, 6) is 0.638. The first-order chi connectivity index (χ1) is 25.7. The molecule has 4 heterocycles. The Labute approximate surface area is 297 Å². The Bertz CT molecular complexity index is 3150. The summed E-state index contributed by atoms with van der Waals surface area (Å²) >= 11 is 0. The van der Waals surface area contributed by atoms with Gasteiger partial charge in [0.1, 0.15) is 33.5 Å². The van der Waals surface area contributed by atoms with Crippen molar-refractivity contribution in [1.29, 1.82) is 0 Å². The van der Waals surface area contributed by atoms with E-state index in [1.165, 1.54) is 0 Å². The van der Waals surface area contributed by atoms with Crippen LogP contribution in [0.1, 0.15) is 23.1 Å². The summed E-state index contributed by atoms with van der Waals surface area (Å²) in [6.07, 6.45) is 2.81. The Morgan fingerprint density at radius 1 is 0.404 bits per heavy atom. The number of benzene rings is 7. The van der Waals surface area contributed by atoms with Crippen molar-refractivity contribution in [1.82, 2.24) is 0 Å². The number of rotatable bonds is 4. The van der Waals surface area contributed by atoms with Gasteiger partial charge >= 0.3 is 0 Å². The van der Waals surface area contributed by atoms with Crippen molar-refractivity contribution >= 4 is 83.1 Å². The molecule has 0 saturated heterocycles. The quantitative estimate of drug-likeness (QED) is 0.187. The maximum Gasteiger partial charge on any atom is 0.160 e. The van der Waals surface area contributed by atoms with Crippen molar-refractivity contribution in [2.75, 3.05) is 0 Å². The molecule has 0 unspecified atom stereocenters. The van der Waals surface area contributed by atoms with Crippen LogP contribution >= 0.6 is 0 Å². The number of amidine groups is 1. The summed E-state index contributed by atoms with van der Waals surface area (Å²) < 4.78 is 19.1. The lowest BCUT2D eigenvalue weighted by Gasteiger charge is -2.10. The molecule has 3 aromatic heterocycles. The molecule has 0 radical (unpaired) electrons. The van der Waals surface area contributed by atoms with Crippen molar-refractivity contribution in [3.63, 3.8) is 0 Å². The maximum atomic E-state index is 6.73. The van der Waals surface area contributed by atoms with E-state index in [1.807, 2.05) is 60.7 Å². The maximum absolute atomic E-state index is 6.73. The van der Waals surface area contributed by atoms with Gasteiger partial charge in [-0.1, -0.05) is 97.1 Å². The van der Waals surface area contributed by atoms with Crippen LogP contribution in [0.5, 0.6) is 0 Å². The summed E-state index contributed by atoms with van der Waals surface area (Å²) in [6, 6.07) is 51.9. The van der Waals surface area contributed by atoms with E-state index in [4.69, 9.17) is 23.2 Å². The minimum atomic E-state index is 0.628. The highest BCUT2D eigenvalue weighted by atomic mass is 16.3. The van der Waals surface area contributed by atoms with Gasteiger partial charge in [-0.25, -0.2) is 9.98 Å². The van der Waals surface area contributed by atoms with Gasteiger partial charge in [-0.3, -0.25) is 0 Å². The monoisotopic (exact) mass is 668 g/mol. The summed E-state index contributed by atoms with van der Waals surface area (Å²) in [7, 11) is 0. The summed E-state index contributed by atoms with van der Waals surface area (Å²) in [4.78, 5) is 10.7. The third-order valence-corrected chi connectivity index (χ3v) is 10.2. The number of aliphatic imine (C=N–C) groups is 2. The van der Waals surface area contributed by atoms with Crippen LogP contribution in [0.4, 0.5) is 0 Å². The third-order valence-electron chi connectivity index (χ3n) is 10.2. The van der Waals surface area contributed by atoms with Gasteiger partial charge in [0, 0.05) is 55.4 Å². The third kappa shape index (κ3) is 4.49. The molecule has 0 fully saturated rings. The van der Waals surface area contributed by atoms with Crippen molar-refractivity contribution in [2.24, 2.45) is 9.98 Å². The highest BCUT2D eigenvalue weighted by molar-refractivity contribution is 6.25. The zero-order valence-corrected chi connectivity index (χ0v) is 27.8. The lowest BCUT2D eigenvalue weighted by molar-refractivity contribution is 0.668. The molecule has 0 atom stereocenters. The van der Waals surface area contributed by atoms with Crippen molar-refractivity contribution in [3.8, 4) is 11.1 Å². The van der Waals surface area contributed by atoms with E-state index in [-0.39, 0.29) is 0 Å². The number of allylic oxidation sites excluding steroid dienone is 1. The molecule has 1 aliphatic heterocycles. The van der Waals surface area contributed by atoms with E-state index in [0.29, 0.717) is 12.3 Å². The molecule has 5 nitrogen and oxygen atoms in total. The zero-order valence-electron chi connectivity index (χ0n) is 27.8. The Balaban J connectivity index is 1.14. The summed E-state index contributed by atoms with van der Waals surface area (Å²) in [5, 5.41) is 6.32. The van der Waals surface area contributed by atoms with Gasteiger partial charge < -0.3 is 13.3 Å². The van der Waals surface area contributed by atoms with E-state index < -0.39 is 0 Å². The fraction of sp³-hybridized carbons (Fsp3) is 0.0213. The van der Waals surface area contributed by atoms with Gasteiger partial charge in [-0.05, 0) is 71.8 Å². The van der Waals surface area contributed by atoms with Gasteiger partial charge in [0.05, 0.1) is 11.4 Å². The second-order valence-electron chi connectivity index (χ2n) is 13.2. The van der Waals surface area contributed by atoms with E-state index in [1.54, 1.807) is 0 Å². The average molecular weight is 669 g/mol. The van der Waals surface area contributed by atoms with Gasteiger partial charge in [-0.15, -0.1) is 0 Å². The van der Waals surface area contributed by atoms with Gasteiger partial charge in [0.15, 0.2) is 5.84 Å². The number of furan rings is 3. The van der Waals surface area contributed by atoms with Gasteiger partial charge in [0.25, 0.3) is 0 Å². The normalized spacial score (nSPS) is 13.7. The Morgan fingerprint density at radius 2 is 0.962 bits per heavy atom. The van der Waals surface area contributed by atoms with Crippen LogP contribution in [0, 0.1) is 0 Å². The zero-order chi connectivity index (χ0) is 34.2. The van der Waals surface area contributed by atoms with E-state index in [2.05, 4.69) is 97.1 Å². The second kappa shape index (κ2) is 11.3. The molecule has 0 bridgehead atoms. The number of nitrogens with zero attached hydrogens (tertiary/aromatic N) is 2. The highest BCUT2D eigenvalue weighted by Crippen LogP contribution is 2.41. The molecule has 0 N–H and O–H groups in total. The Hall–Kier alpha value is -6.98. The molecule has 0 amide bonds. The molecule has 10 aromatic rings. The van der Waals surface area contributed by atoms with Crippen molar-refractivity contribution in [3.05, 3.63) is 174 Å². The minimum Gasteiger partial charge on any atom is -0.456 e.